The highest BCUT2D eigenvalue weighted by Gasteiger charge is 2.34. The molecule has 1 unspecified atom stereocenters. The first kappa shape index (κ1) is 7.98. The summed E-state index contributed by atoms with van der Waals surface area (Å²) in [6.45, 7) is 2.73. The Labute approximate surface area is 60.6 Å². The van der Waals surface area contributed by atoms with Gasteiger partial charge in [0.1, 0.15) is 0 Å². The number of ether oxygens (including phenoxy) is 1. The lowest BCUT2D eigenvalue weighted by Gasteiger charge is -2.34. The van der Waals surface area contributed by atoms with Crippen LogP contribution in [0.15, 0.2) is 0 Å². The fourth-order valence-corrected chi connectivity index (χ4v) is 1.14. The van der Waals surface area contributed by atoms with Gasteiger partial charge in [0.25, 0.3) is 0 Å². The van der Waals surface area contributed by atoms with E-state index in [2.05, 4.69) is 0 Å². The van der Waals surface area contributed by atoms with Gasteiger partial charge in [0.15, 0.2) is 0 Å². The van der Waals surface area contributed by atoms with E-state index in [4.69, 9.17) is 9.84 Å². The number of aliphatic hydroxyl groups is 2. The van der Waals surface area contributed by atoms with E-state index in [-0.39, 0.29) is 0 Å². The summed E-state index contributed by atoms with van der Waals surface area (Å²) in [5, 5.41) is 18.7. The molecule has 1 aliphatic heterocycles. The zero-order valence-electron chi connectivity index (χ0n) is 6.21. The summed E-state index contributed by atoms with van der Waals surface area (Å²) in [6.07, 6.45) is 0.450. The number of rotatable bonds is 1. The van der Waals surface area contributed by atoms with E-state index in [9.17, 15) is 5.11 Å². The van der Waals surface area contributed by atoms with E-state index in [0.29, 0.717) is 26.1 Å². The topological polar surface area (TPSA) is 49.7 Å². The van der Waals surface area contributed by atoms with Crippen LogP contribution in [0.1, 0.15) is 19.8 Å². The Morgan fingerprint density at radius 2 is 1.90 bits per heavy atom. The number of hydrogen-bond acceptors (Lipinski definition) is 3. The van der Waals surface area contributed by atoms with Crippen LogP contribution in [-0.4, -0.2) is 35.1 Å². The fraction of sp³-hybridized carbons (Fsp3) is 1.00. The van der Waals surface area contributed by atoms with Crippen LogP contribution >= 0.6 is 0 Å². The van der Waals surface area contributed by atoms with Gasteiger partial charge in [-0.05, 0) is 6.92 Å². The van der Waals surface area contributed by atoms with Crippen LogP contribution in [-0.2, 0) is 4.74 Å². The molecule has 0 aliphatic carbocycles. The van der Waals surface area contributed by atoms with E-state index in [0.717, 1.165) is 0 Å². The maximum absolute atomic E-state index is 9.62. The average Bonchev–Trinajstić information content (AvgIpc) is 1.89. The quantitative estimate of drug-likeness (QED) is 0.543. The molecular formula is C7H14O3. The minimum atomic E-state index is -0.891. The van der Waals surface area contributed by atoms with Crippen molar-refractivity contribution in [2.75, 3.05) is 13.2 Å². The van der Waals surface area contributed by atoms with E-state index in [1.807, 2.05) is 0 Å². The number of aliphatic hydroxyl groups excluding tert-OH is 1. The Balaban J connectivity index is 2.48. The highest BCUT2D eigenvalue weighted by molar-refractivity contribution is 4.85. The predicted molar refractivity (Wildman–Crippen MR) is 36.7 cm³/mol. The summed E-state index contributed by atoms with van der Waals surface area (Å²) in [5.41, 5.74) is -0.891. The Morgan fingerprint density at radius 1 is 1.40 bits per heavy atom. The van der Waals surface area contributed by atoms with Crippen LogP contribution in [0.25, 0.3) is 0 Å². The fourth-order valence-electron chi connectivity index (χ4n) is 1.14. The minimum Gasteiger partial charge on any atom is -0.390 e. The van der Waals surface area contributed by atoms with Crippen molar-refractivity contribution in [3.05, 3.63) is 0 Å². The van der Waals surface area contributed by atoms with Gasteiger partial charge in [-0.1, -0.05) is 0 Å². The molecule has 1 atom stereocenters. The van der Waals surface area contributed by atoms with Gasteiger partial charge in [0, 0.05) is 26.1 Å². The van der Waals surface area contributed by atoms with Crippen LogP contribution in [0.3, 0.4) is 0 Å². The first-order valence-electron chi connectivity index (χ1n) is 3.63. The van der Waals surface area contributed by atoms with Crippen molar-refractivity contribution >= 4 is 0 Å². The smallest absolute Gasteiger partial charge is 0.0946 e. The molecule has 0 aromatic rings. The Bertz CT molecular complexity index is 105. The molecule has 0 aromatic carbocycles. The van der Waals surface area contributed by atoms with Gasteiger partial charge in [-0.25, -0.2) is 0 Å². The molecule has 3 heteroatoms. The lowest BCUT2D eigenvalue weighted by atomic mass is 9.89. The van der Waals surface area contributed by atoms with Gasteiger partial charge in [-0.15, -0.1) is 0 Å². The monoisotopic (exact) mass is 146 g/mol. The Morgan fingerprint density at radius 3 is 2.20 bits per heavy atom. The maximum atomic E-state index is 9.62. The molecule has 60 valence electrons. The van der Waals surface area contributed by atoms with Crippen molar-refractivity contribution in [2.24, 2.45) is 0 Å². The minimum absolute atomic E-state index is 0.546. The van der Waals surface area contributed by atoms with Crippen LogP contribution in [0.5, 0.6) is 0 Å². The first-order valence-corrected chi connectivity index (χ1v) is 3.63. The molecule has 0 radical (unpaired) electrons. The first-order chi connectivity index (χ1) is 4.65. The molecular weight excluding hydrogens is 132 g/mol. The van der Waals surface area contributed by atoms with Crippen LogP contribution < -0.4 is 0 Å². The summed E-state index contributed by atoms with van der Waals surface area (Å²) in [6, 6.07) is 0. The Hall–Kier alpha value is -0.120. The van der Waals surface area contributed by atoms with E-state index < -0.39 is 11.7 Å². The lowest BCUT2D eigenvalue weighted by molar-refractivity contribution is -0.125. The number of hydrogen-bond donors (Lipinski definition) is 2. The largest absolute Gasteiger partial charge is 0.390 e. The molecule has 2 N–H and O–H groups in total. The van der Waals surface area contributed by atoms with E-state index >= 15 is 0 Å². The molecule has 0 aromatic heterocycles. The SMILES string of the molecule is CC(O)C1(O)CCOCC1. The maximum Gasteiger partial charge on any atom is 0.0946 e. The van der Waals surface area contributed by atoms with Gasteiger partial charge in [-0.3, -0.25) is 0 Å². The third-order valence-corrected chi connectivity index (χ3v) is 2.14. The van der Waals surface area contributed by atoms with Crippen molar-refractivity contribution in [1.29, 1.82) is 0 Å². The third kappa shape index (κ3) is 1.48. The molecule has 0 amide bonds. The molecule has 3 nitrogen and oxygen atoms in total. The van der Waals surface area contributed by atoms with Crippen LogP contribution in [0.2, 0.25) is 0 Å². The van der Waals surface area contributed by atoms with Crippen molar-refractivity contribution in [1.82, 2.24) is 0 Å². The summed E-state index contributed by atoms with van der Waals surface area (Å²) in [4.78, 5) is 0. The Kier molecular flexibility index (Phi) is 2.28. The van der Waals surface area contributed by atoms with Crippen molar-refractivity contribution in [3.8, 4) is 0 Å². The van der Waals surface area contributed by atoms with Gasteiger partial charge in [0.2, 0.25) is 0 Å². The zero-order valence-corrected chi connectivity index (χ0v) is 6.21. The molecule has 1 rings (SSSR count). The molecule has 10 heavy (non-hydrogen) atoms. The van der Waals surface area contributed by atoms with Crippen LogP contribution in [0.4, 0.5) is 0 Å². The highest BCUT2D eigenvalue weighted by Crippen LogP contribution is 2.23. The summed E-state index contributed by atoms with van der Waals surface area (Å²) < 4.78 is 5.04. The van der Waals surface area contributed by atoms with Crippen molar-refractivity contribution < 1.29 is 14.9 Å². The molecule has 1 fully saturated rings. The molecule has 0 spiro atoms. The summed E-state index contributed by atoms with van der Waals surface area (Å²) >= 11 is 0. The summed E-state index contributed by atoms with van der Waals surface area (Å²) in [7, 11) is 0. The van der Waals surface area contributed by atoms with E-state index in [1.54, 1.807) is 6.92 Å². The van der Waals surface area contributed by atoms with Crippen molar-refractivity contribution in [3.63, 3.8) is 0 Å². The second-order valence-electron chi connectivity index (χ2n) is 2.89. The van der Waals surface area contributed by atoms with Gasteiger partial charge in [0.05, 0.1) is 11.7 Å². The van der Waals surface area contributed by atoms with Gasteiger partial charge in [-0.2, -0.15) is 0 Å². The molecule has 1 aliphatic rings. The summed E-state index contributed by atoms with van der Waals surface area (Å²) in [5.74, 6) is 0. The molecule has 1 heterocycles. The van der Waals surface area contributed by atoms with Crippen molar-refractivity contribution in [2.45, 2.75) is 31.5 Å². The lowest BCUT2D eigenvalue weighted by Crippen LogP contribution is -2.45. The zero-order chi connectivity index (χ0) is 7.61. The second kappa shape index (κ2) is 2.86. The molecule has 0 saturated carbocycles. The second-order valence-corrected chi connectivity index (χ2v) is 2.89. The van der Waals surface area contributed by atoms with Gasteiger partial charge >= 0.3 is 0 Å². The van der Waals surface area contributed by atoms with Crippen LogP contribution in [0, 0.1) is 0 Å². The van der Waals surface area contributed by atoms with Gasteiger partial charge < -0.3 is 14.9 Å². The average molecular weight is 146 g/mol. The molecule has 0 bridgehead atoms. The molecule has 1 saturated heterocycles. The normalized spacial score (nSPS) is 27.9. The van der Waals surface area contributed by atoms with E-state index in [1.165, 1.54) is 0 Å². The predicted octanol–water partition coefficient (Wildman–Crippen LogP) is -0.0913. The highest BCUT2D eigenvalue weighted by atomic mass is 16.5. The third-order valence-electron chi connectivity index (χ3n) is 2.14. The standard InChI is InChI=1S/C7H14O3/c1-6(8)7(9)2-4-10-5-3-7/h6,8-9H,2-5H2,1H3.